The van der Waals surface area contributed by atoms with Gasteiger partial charge in [0.1, 0.15) is 0 Å². The lowest BCUT2D eigenvalue weighted by Gasteiger charge is -2.30. The average molecular weight is 284 g/mol. The third-order valence-corrected chi connectivity index (χ3v) is 4.23. The van der Waals surface area contributed by atoms with E-state index in [1.165, 1.54) is 0 Å². The van der Waals surface area contributed by atoms with Crippen molar-refractivity contribution in [3.8, 4) is 0 Å². The first kappa shape index (κ1) is 15.7. The Morgan fingerprint density at radius 3 is 2.15 bits per heavy atom. The first-order valence-electron chi connectivity index (χ1n) is 7.92. The summed E-state index contributed by atoms with van der Waals surface area (Å²) >= 11 is 0. The second kappa shape index (κ2) is 7.96. The van der Waals surface area contributed by atoms with Crippen LogP contribution in [-0.2, 0) is 14.3 Å². The molecule has 0 aromatic heterocycles. The maximum Gasteiger partial charge on any atom is 0.225 e. The predicted molar refractivity (Wildman–Crippen MR) is 77.4 cm³/mol. The molecule has 2 fully saturated rings. The molecule has 0 saturated carbocycles. The molecule has 20 heavy (non-hydrogen) atoms. The van der Waals surface area contributed by atoms with Crippen LogP contribution < -0.4 is 5.73 Å². The van der Waals surface area contributed by atoms with Crippen LogP contribution in [0.1, 0.15) is 39.0 Å². The first-order valence-corrected chi connectivity index (χ1v) is 7.92. The quantitative estimate of drug-likeness (QED) is 0.762. The normalized spacial score (nSPS) is 27.7. The zero-order valence-electron chi connectivity index (χ0n) is 12.6. The highest BCUT2D eigenvalue weighted by molar-refractivity contribution is 5.78. The number of rotatable bonds is 7. The molecule has 3 unspecified atom stereocenters. The number of carbonyl (C=O) groups excluding carboxylic acids is 1. The van der Waals surface area contributed by atoms with Gasteiger partial charge in [0.15, 0.2) is 0 Å². The van der Waals surface area contributed by atoms with Crippen molar-refractivity contribution in [2.24, 2.45) is 11.7 Å². The summed E-state index contributed by atoms with van der Waals surface area (Å²) in [5.74, 6) is 0.184. The standard InChI is InChI=1S/C15H28N2O3/c1-12(6-7-16)15(18)17(10-13-4-2-8-19-13)11-14-5-3-9-20-14/h12-14H,2-11,16H2,1H3. The average Bonchev–Trinajstić information content (AvgIpc) is 3.10. The first-order chi connectivity index (χ1) is 9.70. The molecular weight excluding hydrogens is 256 g/mol. The molecule has 2 aliphatic heterocycles. The molecule has 0 aliphatic carbocycles. The van der Waals surface area contributed by atoms with E-state index >= 15 is 0 Å². The van der Waals surface area contributed by atoms with Gasteiger partial charge in [0.25, 0.3) is 0 Å². The van der Waals surface area contributed by atoms with E-state index in [2.05, 4.69) is 0 Å². The van der Waals surface area contributed by atoms with Crippen molar-refractivity contribution in [3.63, 3.8) is 0 Å². The zero-order valence-corrected chi connectivity index (χ0v) is 12.6. The minimum atomic E-state index is -0.0113. The highest BCUT2D eigenvalue weighted by Gasteiger charge is 2.28. The number of hydrogen-bond acceptors (Lipinski definition) is 4. The molecule has 3 atom stereocenters. The molecule has 2 N–H and O–H groups in total. The molecule has 0 spiro atoms. The van der Waals surface area contributed by atoms with E-state index in [0.717, 1.165) is 45.3 Å². The summed E-state index contributed by atoms with van der Waals surface area (Å²) in [5.41, 5.74) is 5.57. The number of nitrogens with zero attached hydrogens (tertiary/aromatic N) is 1. The van der Waals surface area contributed by atoms with E-state index in [0.29, 0.717) is 19.6 Å². The highest BCUT2D eigenvalue weighted by Crippen LogP contribution is 2.19. The van der Waals surface area contributed by atoms with Crippen LogP contribution in [0.2, 0.25) is 0 Å². The van der Waals surface area contributed by atoms with Gasteiger partial charge >= 0.3 is 0 Å². The highest BCUT2D eigenvalue weighted by atomic mass is 16.5. The third-order valence-electron chi connectivity index (χ3n) is 4.23. The summed E-state index contributed by atoms with van der Waals surface area (Å²) in [7, 11) is 0. The molecule has 1 amide bonds. The Morgan fingerprint density at radius 1 is 1.20 bits per heavy atom. The van der Waals surface area contributed by atoms with Crippen LogP contribution in [-0.4, -0.2) is 55.9 Å². The lowest BCUT2D eigenvalue weighted by molar-refractivity contribution is -0.138. The van der Waals surface area contributed by atoms with Crippen molar-refractivity contribution in [3.05, 3.63) is 0 Å². The van der Waals surface area contributed by atoms with Gasteiger partial charge in [-0.25, -0.2) is 0 Å². The van der Waals surface area contributed by atoms with E-state index in [-0.39, 0.29) is 24.0 Å². The summed E-state index contributed by atoms with van der Waals surface area (Å²) < 4.78 is 11.4. The van der Waals surface area contributed by atoms with Crippen molar-refractivity contribution in [2.75, 3.05) is 32.8 Å². The number of amides is 1. The summed E-state index contributed by atoms with van der Waals surface area (Å²) in [6.45, 7) is 5.57. The Kier molecular flexibility index (Phi) is 6.26. The second-order valence-corrected chi connectivity index (χ2v) is 5.99. The van der Waals surface area contributed by atoms with Gasteiger partial charge in [0.2, 0.25) is 5.91 Å². The van der Waals surface area contributed by atoms with E-state index in [4.69, 9.17) is 15.2 Å². The number of ether oxygens (including phenoxy) is 2. The number of hydrogen-bond donors (Lipinski definition) is 1. The molecule has 0 radical (unpaired) electrons. The van der Waals surface area contributed by atoms with Gasteiger partial charge in [-0.3, -0.25) is 4.79 Å². The lowest BCUT2D eigenvalue weighted by atomic mass is 10.1. The maximum atomic E-state index is 12.6. The van der Waals surface area contributed by atoms with Gasteiger partial charge in [-0.1, -0.05) is 6.92 Å². The molecule has 2 heterocycles. The van der Waals surface area contributed by atoms with Crippen LogP contribution in [0.4, 0.5) is 0 Å². The molecule has 5 nitrogen and oxygen atoms in total. The molecular formula is C15H28N2O3. The maximum absolute atomic E-state index is 12.6. The fourth-order valence-electron chi connectivity index (χ4n) is 3.01. The van der Waals surface area contributed by atoms with Crippen LogP contribution >= 0.6 is 0 Å². The monoisotopic (exact) mass is 284 g/mol. The number of nitrogens with two attached hydrogens (primary N) is 1. The fraction of sp³-hybridized carbons (Fsp3) is 0.933. The Labute approximate surface area is 121 Å². The summed E-state index contributed by atoms with van der Waals surface area (Å²) in [4.78, 5) is 14.5. The molecule has 0 aromatic carbocycles. The SMILES string of the molecule is CC(CCN)C(=O)N(CC1CCCO1)CC1CCCO1. The molecule has 2 rings (SSSR count). The summed E-state index contributed by atoms with van der Waals surface area (Å²) in [6, 6.07) is 0. The minimum Gasteiger partial charge on any atom is -0.376 e. The number of carbonyl (C=O) groups is 1. The molecule has 116 valence electrons. The van der Waals surface area contributed by atoms with Crippen LogP contribution in [0.3, 0.4) is 0 Å². The van der Waals surface area contributed by atoms with Crippen LogP contribution in [0.25, 0.3) is 0 Å². The predicted octanol–water partition coefficient (Wildman–Crippen LogP) is 1.16. The van der Waals surface area contributed by atoms with E-state index in [1.54, 1.807) is 0 Å². The summed E-state index contributed by atoms with van der Waals surface area (Å²) in [6.07, 6.45) is 5.46. The molecule has 0 aromatic rings. The lowest BCUT2D eigenvalue weighted by Crippen LogP contribution is -2.44. The van der Waals surface area contributed by atoms with Gasteiger partial charge in [0, 0.05) is 32.2 Å². The van der Waals surface area contributed by atoms with Crippen LogP contribution in [0, 0.1) is 5.92 Å². The van der Waals surface area contributed by atoms with Crippen molar-refractivity contribution in [1.29, 1.82) is 0 Å². The van der Waals surface area contributed by atoms with E-state index in [1.807, 2.05) is 11.8 Å². The van der Waals surface area contributed by atoms with Crippen molar-refractivity contribution < 1.29 is 14.3 Å². The van der Waals surface area contributed by atoms with Gasteiger partial charge in [-0.15, -0.1) is 0 Å². The largest absolute Gasteiger partial charge is 0.376 e. The zero-order chi connectivity index (χ0) is 14.4. The van der Waals surface area contributed by atoms with Gasteiger partial charge < -0.3 is 20.1 Å². The van der Waals surface area contributed by atoms with E-state index < -0.39 is 0 Å². The molecule has 2 saturated heterocycles. The second-order valence-electron chi connectivity index (χ2n) is 5.99. The molecule has 2 aliphatic rings. The summed E-state index contributed by atoms with van der Waals surface area (Å²) in [5, 5.41) is 0. The van der Waals surface area contributed by atoms with E-state index in [9.17, 15) is 4.79 Å². The van der Waals surface area contributed by atoms with Crippen LogP contribution in [0.15, 0.2) is 0 Å². The topological polar surface area (TPSA) is 64.8 Å². The third kappa shape index (κ3) is 4.43. The Hall–Kier alpha value is -0.650. The molecule has 0 bridgehead atoms. The molecule has 5 heteroatoms. The Balaban J connectivity index is 1.91. The van der Waals surface area contributed by atoms with Crippen molar-refractivity contribution >= 4 is 5.91 Å². The fourth-order valence-corrected chi connectivity index (χ4v) is 3.01. The van der Waals surface area contributed by atoms with Crippen LogP contribution in [0.5, 0.6) is 0 Å². The van der Waals surface area contributed by atoms with Gasteiger partial charge in [-0.05, 0) is 38.6 Å². The minimum absolute atomic E-state index is 0.0113. The van der Waals surface area contributed by atoms with Crippen molar-refractivity contribution in [2.45, 2.75) is 51.2 Å². The Bertz CT molecular complexity index is 281. The van der Waals surface area contributed by atoms with Gasteiger partial charge in [-0.2, -0.15) is 0 Å². The van der Waals surface area contributed by atoms with Crippen molar-refractivity contribution in [1.82, 2.24) is 4.90 Å². The van der Waals surface area contributed by atoms with Gasteiger partial charge in [0.05, 0.1) is 12.2 Å². The smallest absolute Gasteiger partial charge is 0.225 e. The Morgan fingerprint density at radius 2 is 1.75 bits per heavy atom.